The summed E-state index contributed by atoms with van der Waals surface area (Å²) in [6, 6.07) is 2.09. The maximum Gasteiger partial charge on any atom is 0.263 e. The summed E-state index contributed by atoms with van der Waals surface area (Å²) in [5.74, 6) is 0.563. The third kappa shape index (κ3) is 3.41. The van der Waals surface area contributed by atoms with Crippen molar-refractivity contribution in [2.24, 2.45) is 5.92 Å². The van der Waals surface area contributed by atoms with Crippen molar-refractivity contribution in [3.8, 4) is 0 Å². The molecule has 0 unspecified atom stereocenters. The quantitative estimate of drug-likeness (QED) is 0.906. The van der Waals surface area contributed by atoms with Crippen molar-refractivity contribution in [2.75, 3.05) is 19.7 Å². The van der Waals surface area contributed by atoms with Gasteiger partial charge in [-0.15, -0.1) is 11.3 Å². The van der Waals surface area contributed by atoms with Crippen LogP contribution in [0.2, 0.25) is 0 Å². The highest BCUT2D eigenvalue weighted by Crippen LogP contribution is 2.27. The van der Waals surface area contributed by atoms with Gasteiger partial charge in [0, 0.05) is 24.6 Å². The third-order valence-corrected chi connectivity index (χ3v) is 5.35. The number of hydrogen-bond acceptors (Lipinski definition) is 3. The van der Waals surface area contributed by atoms with Gasteiger partial charge in [-0.05, 0) is 43.2 Å². The van der Waals surface area contributed by atoms with Gasteiger partial charge >= 0.3 is 0 Å². The molecule has 0 aliphatic carbocycles. The van der Waals surface area contributed by atoms with Crippen LogP contribution < -0.4 is 0 Å². The molecule has 1 N–H and O–H groups in total. The molecule has 1 aliphatic heterocycles. The molecule has 1 aliphatic rings. The summed E-state index contributed by atoms with van der Waals surface area (Å²) >= 11 is 1.68. The summed E-state index contributed by atoms with van der Waals surface area (Å²) in [5, 5.41) is 9.16. The van der Waals surface area contributed by atoms with Gasteiger partial charge < -0.3 is 10.0 Å². The van der Waals surface area contributed by atoms with Crippen LogP contribution in [0.1, 0.15) is 53.2 Å². The second-order valence-electron chi connectivity index (χ2n) is 5.58. The maximum absolute atomic E-state index is 12.6. The fourth-order valence-corrected chi connectivity index (χ4v) is 4.11. The molecule has 1 aromatic heterocycles. The van der Waals surface area contributed by atoms with Crippen molar-refractivity contribution >= 4 is 17.2 Å². The van der Waals surface area contributed by atoms with E-state index < -0.39 is 0 Å². The predicted molar refractivity (Wildman–Crippen MR) is 83.4 cm³/mol. The molecule has 20 heavy (non-hydrogen) atoms. The minimum atomic E-state index is 0.184. The Bertz CT molecular complexity index is 447. The van der Waals surface area contributed by atoms with Crippen LogP contribution in [-0.4, -0.2) is 35.6 Å². The zero-order valence-corrected chi connectivity index (χ0v) is 13.3. The van der Waals surface area contributed by atoms with Gasteiger partial charge in [0.15, 0.2) is 0 Å². The Morgan fingerprint density at radius 3 is 2.65 bits per heavy atom. The number of hydrogen-bond donors (Lipinski definition) is 1. The predicted octanol–water partition coefficient (Wildman–Crippen LogP) is 3.11. The molecule has 112 valence electrons. The van der Waals surface area contributed by atoms with Crippen molar-refractivity contribution < 1.29 is 9.90 Å². The molecule has 4 heteroatoms. The number of likely N-dealkylation sites (tertiary alicyclic amines) is 1. The lowest BCUT2D eigenvalue weighted by Crippen LogP contribution is -2.38. The highest BCUT2D eigenvalue weighted by atomic mass is 32.1. The van der Waals surface area contributed by atoms with Gasteiger partial charge in [0.2, 0.25) is 0 Å². The third-order valence-electron chi connectivity index (χ3n) is 4.13. The number of rotatable bonds is 5. The standard InChI is InChI=1S/C16H25NO2S/c1-3-5-14-13(4-2)10-15(20-14)16(19)17-8-6-12(11-18)7-9-17/h10,12,18H,3-9,11H2,1-2H3. The van der Waals surface area contributed by atoms with Crippen molar-refractivity contribution in [1.29, 1.82) is 0 Å². The average Bonchev–Trinajstić information content (AvgIpc) is 2.90. The van der Waals surface area contributed by atoms with Crippen LogP contribution >= 0.6 is 11.3 Å². The van der Waals surface area contributed by atoms with Crippen LogP contribution in [0.3, 0.4) is 0 Å². The molecule has 0 bridgehead atoms. The van der Waals surface area contributed by atoms with Gasteiger partial charge in [-0.25, -0.2) is 0 Å². The molecular weight excluding hydrogens is 270 g/mol. The van der Waals surface area contributed by atoms with Crippen LogP contribution in [0, 0.1) is 5.92 Å². The summed E-state index contributed by atoms with van der Waals surface area (Å²) in [5.41, 5.74) is 1.34. The number of nitrogens with zero attached hydrogens (tertiary/aromatic N) is 1. The van der Waals surface area contributed by atoms with Crippen molar-refractivity contribution in [1.82, 2.24) is 4.90 Å². The first-order chi connectivity index (χ1) is 9.69. The number of carbonyl (C=O) groups excluding carboxylic acids is 1. The van der Waals surface area contributed by atoms with Crippen LogP contribution in [0.25, 0.3) is 0 Å². The van der Waals surface area contributed by atoms with E-state index in [2.05, 4.69) is 19.9 Å². The topological polar surface area (TPSA) is 40.5 Å². The number of amides is 1. The zero-order valence-electron chi connectivity index (χ0n) is 12.5. The van der Waals surface area contributed by atoms with E-state index in [1.54, 1.807) is 11.3 Å². The normalized spacial score (nSPS) is 16.6. The summed E-state index contributed by atoms with van der Waals surface area (Å²) in [4.78, 5) is 16.8. The Hall–Kier alpha value is -0.870. The zero-order chi connectivity index (χ0) is 14.5. The van der Waals surface area contributed by atoms with Gasteiger partial charge in [-0.2, -0.15) is 0 Å². The average molecular weight is 295 g/mol. The van der Waals surface area contributed by atoms with E-state index in [9.17, 15) is 4.79 Å². The molecule has 1 amide bonds. The monoisotopic (exact) mass is 295 g/mol. The lowest BCUT2D eigenvalue weighted by Gasteiger charge is -2.30. The minimum absolute atomic E-state index is 0.184. The van der Waals surface area contributed by atoms with Crippen LogP contribution in [0.4, 0.5) is 0 Å². The summed E-state index contributed by atoms with van der Waals surface area (Å²) in [6.07, 6.45) is 5.06. The summed E-state index contributed by atoms with van der Waals surface area (Å²) in [7, 11) is 0. The van der Waals surface area contributed by atoms with E-state index in [0.717, 1.165) is 50.1 Å². The number of piperidine rings is 1. The number of aryl methyl sites for hydroxylation is 2. The number of carbonyl (C=O) groups is 1. The van der Waals surface area contributed by atoms with E-state index in [1.165, 1.54) is 10.4 Å². The Balaban J connectivity index is 2.05. The van der Waals surface area contributed by atoms with Crippen molar-refractivity contribution in [3.63, 3.8) is 0 Å². The Labute approximate surface area is 125 Å². The number of aliphatic hydroxyl groups excluding tert-OH is 1. The molecule has 0 saturated carbocycles. The first kappa shape index (κ1) is 15.5. The molecule has 3 nitrogen and oxygen atoms in total. The molecule has 0 aromatic carbocycles. The van der Waals surface area contributed by atoms with Gasteiger partial charge in [0.25, 0.3) is 5.91 Å². The van der Waals surface area contributed by atoms with Gasteiger partial charge in [0.05, 0.1) is 4.88 Å². The highest BCUT2D eigenvalue weighted by molar-refractivity contribution is 7.14. The summed E-state index contributed by atoms with van der Waals surface area (Å²) in [6.45, 7) is 6.16. The fourth-order valence-electron chi connectivity index (χ4n) is 2.78. The Kier molecular flexibility index (Phi) is 5.61. The largest absolute Gasteiger partial charge is 0.396 e. The minimum Gasteiger partial charge on any atom is -0.396 e. The van der Waals surface area contributed by atoms with E-state index in [0.29, 0.717) is 5.92 Å². The van der Waals surface area contributed by atoms with Crippen LogP contribution in [0.5, 0.6) is 0 Å². The van der Waals surface area contributed by atoms with E-state index in [4.69, 9.17) is 5.11 Å². The first-order valence-electron chi connectivity index (χ1n) is 7.71. The lowest BCUT2D eigenvalue weighted by molar-refractivity contribution is 0.0655. The van der Waals surface area contributed by atoms with E-state index in [-0.39, 0.29) is 12.5 Å². The molecule has 0 spiro atoms. The molecule has 1 fully saturated rings. The second kappa shape index (κ2) is 7.23. The van der Waals surface area contributed by atoms with Gasteiger partial charge in [0.1, 0.15) is 0 Å². The molecule has 2 rings (SSSR count). The lowest BCUT2D eigenvalue weighted by atomic mass is 9.98. The van der Waals surface area contributed by atoms with E-state index >= 15 is 0 Å². The Morgan fingerprint density at radius 1 is 1.40 bits per heavy atom. The second-order valence-corrected chi connectivity index (χ2v) is 6.72. The Morgan fingerprint density at radius 2 is 2.10 bits per heavy atom. The van der Waals surface area contributed by atoms with Gasteiger partial charge in [-0.1, -0.05) is 20.3 Å². The first-order valence-corrected chi connectivity index (χ1v) is 8.52. The van der Waals surface area contributed by atoms with Crippen molar-refractivity contribution in [3.05, 3.63) is 21.4 Å². The smallest absolute Gasteiger partial charge is 0.263 e. The molecule has 2 heterocycles. The fraction of sp³-hybridized carbons (Fsp3) is 0.688. The molecule has 0 radical (unpaired) electrons. The highest BCUT2D eigenvalue weighted by Gasteiger charge is 2.24. The number of thiophene rings is 1. The molecule has 1 aromatic rings. The van der Waals surface area contributed by atoms with Crippen LogP contribution in [0.15, 0.2) is 6.07 Å². The maximum atomic E-state index is 12.6. The number of aliphatic hydroxyl groups is 1. The van der Waals surface area contributed by atoms with Gasteiger partial charge in [-0.3, -0.25) is 4.79 Å². The molecule has 1 saturated heterocycles. The van der Waals surface area contributed by atoms with Crippen LogP contribution in [-0.2, 0) is 12.8 Å². The van der Waals surface area contributed by atoms with Crippen molar-refractivity contribution in [2.45, 2.75) is 46.0 Å². The summed E-state index contributed by atoms with van der Waals surface area (Å²) < 4.78 is 0. The molecule has 0 atom stereocenters. The molecular formula is C16H25NO2S. The van der Waals surface area contributed by atoms with E-state index in [1.807, 2.05) is 4.90 Å². The SMILES string of the molecule is CCCc1sc(C(=O)N2CCC(CO)CC2)cc1CC.